The minimum absolute atomic E-state index is 0.0861. The van der Waals surface area contributed by atoms with Crippen molar-refractivity contribution >= 4 is 22.4 Å². The van der Waals surface area contributed by atoms with Crippen LogP contribution in [0.3, 0.4) is 0 Å². The number of aromatic nitrogens is 2. The maximum Gasteiger partial charge on any atom is 0.269 e. The SMILES string of the molecule is Cc1cccc2ncnc(NCc3cccc([N+](=O)[O-])c3)c12. The molecule has 1 N–H and O–H groups in total. The van der Waals surface area contributed by atoms with Gasteiger partial charge in [-0.05, 0) is 24.1 Å². The molecule has 3 aromatic rings. The van der Waals surface area contributed by atoms with Crippen LogP contribution in [0.2, 0.25) is 0 Å². The van der Waals surface area contributed by atoms with Gasteiger partial charge in [-0.3, -0.25) is 10.1 Å². The number of nitrogens with one attached hydrogen (secondary N) is 1. The first kappa shape index (κ1) is 13.9. The predicted octanol–water partition coefficient (Wildman–Crippen LogP) is 3.46. The van der Waals surface area contributed by atoms with Crippen molar-refractivity contribution in [1.29, 1.82) is 0 Å². The highest BCUT2D eigenvalue weighted by Gasteiger charge is 2.08. The summed E-state index contributed by atoms with van der Waals surface area (Å²) in [6, 6.07) is 12.5. The van der Waals surface area contributed by atoms with Gasteiger partial charge in [0.1, 0.15) is 12.1 Å². The molecular formula is C16H14N4O2. The van der Waals surface area contributed by atoms with Gasteiger partial charge >= 0.3 is 0 Å². The van der Waals surface area contributed by atoms with Crippen LogP contribution in [0.1, 0.15) is 11.1 Å². The first-order chi connectivity index (χ1) is 10.6. The van der Waals surface area contributed by atoms with Crippen molar-refractivity contribution in [3.8, 4) is 0 Å². The van der Waals surface area contributed by atoms with Crippen LogP contribution in [-0.4, -0.2) is 14.9 Å². The van der Waals surface area contributed by atoms with E-state index in [1.165, 1.54) is 12.4 Å². The van der Waals surface area contributed by atoms with Crippen LogP contribution in [0.4, 0.5) is 11.5 Å². The van der Waals surface area contributed by atoms with Gasteiger partial charge in [0.05, 0.1) is 10.4 Å². The molecule has 0 aliphatic heterocycles. The highest BCUT2D eigenvalue weighted by atomic mass is 16.6. The summed E-state index contributed by atoms with van der Waals surface area (Å²) in [5.74, 6) is 0.731. The molecule has 0 fully saturated rings. The minimum Gasteiger partial charge on any atom is -0.365 e. The second-order valence-corrected chi connectivity index (χ2v) is 4.97. The molecule has 0 unspecified atom stereocenters. The van der Waals surface area contributed by atoms with Crippen molar-refractivity contribution in [2.75, 3.05) is 5.32 Å². The summed E-state index contributed by atoms with van der Waals surface area (Å²) in [4.78, 5) is 19.0. The first-order valence-electron chi connectivity index (χ1n) is 6.82. The van der Waals surface area contributed by atoms with E-state index >= 15 is 0 Å². The molecule has 0 spiro atoms. The van der Waals surface area contributed by atoms with Crippen molar-refractivity contribution in [2.24, 2.45) is 0 Å². The summed E-state index contributed by atoms with van der Waals surface area (Å²) in [7, 11) is 0. The Morgan fingerprint density at radius 2 is 2.00 bits per heavy atom. The Morgan fingerprint density at radius 1 is 1.18 bits per heavy atom. The molecule has 0 aliphatic carbocycles. The summed E-state index contributed by atoms with van der Waals surface area (Å²) in [5, 5.41) is 15.0. The van der Waals surface area contributed by atoms with Crippen molar-refractivity contribution in [1.82, 2.24) is 9.97 Å². The monoisotopic (exact) mass is 294 g/mol. The van der Waals surface area contributed by atoms with Crippen LogP contribution < -0.4 is 5.32 Å². The number of hydrogen-bond acceptors (Lipinski definition) is 5. The lowest BCUT2D eigenvalue weighted by Crippen LogP contribution is -2.03. The van der Waals surface area contributed by atoms with Gasteiger partial charge in [-0.25, -0.2) is 9.97 Å². The van der Waals surface area contributed by atoms with Crippen molar-refractivity contribution in [3.05, 3.63) is 70.0 Å². The van der Waals surface area contributed by atoms with Crippen LogP contribution in [0.15, 0.2) is 48.8 Å². The van der Waals surface area contributed by atoms with E-state index in [-0.39, 0.29) is 5.69 Å². The number of anilines is 1. The number of nitro benzene ring substituents is 1. The predicted molar refractivity (Wildman–Crippen MR) is 84.7 cm³/mol. The van der Waals surface area contributed by atoms with Gasteiger partial charge in [-0.1, -0.05) is 24.3 Å². The first-order valence-corrected chi connectivity index (χ1v) is 6.82. The van der Waals surface area contributed by atoms with Crippen LogP contribution in [0.5, 0.6) is 0 Å². The Morgan fingerprint density at radius 3 is 2.82 bits per heavy atom. The molecule has 1 aromatic heterocycles. The van der Waals surface area contributed by atoms with E-state index in [2.05, 4.69) is 15.3 Å². The van der Waals surface area contributed by atoms with E-state index in [1.807, 2.05) is 31.2 Å². The van der Waals surface area contributed by atoms with E-state index in [1.54, 1.807) is 12.1 Å². The molecule has 0 radical (unpaired) electrons. The number of benzene rings is 2. The zero-order valence-electron chi connectivity index (χ0n) is 12.0. The smallest absolute Gasteiger partial charge is 0.269 e. The van der Waals surface area contributed by atoms with E-state index in [4.69, 9.17) is 0 Å². The Labute approximate surface area is 127 Å². The summed E-state index contributed by atoms with van der Waals surface area (Å²) < 4.78 is 0. The topological polar surface area (TPSA) is 81.0 Å². The Hall–Kier alpha value is -3.02. The van der Waals surface area contributed by atoms with Gasteiger partial charge < -0.3 is 5.32 Å². The normalized spacial score (nSPS) is 10.6. The summed E-state index contributed by atoms with van der Waals surface area (Å²) in [5.41, 5.74) is 2.87. The Kier molecular flexibility index (Phi) is 3.65. The zero-order valence-corrected chi connectivity index (χ0v) is 12.0. The van der Waals surface area contributed by atoms with Crippen molar-refractivity contribution in [2.45, 2.75) is 13.5 Å². The van der Waals surface area contributed by atoms with E-state index in [9.17, 15) is 10.1 Å². The molecule has 22 heavy (non-hydrogen) atoms. The number of fused-ring (bicyclic) bond motifs is 1. The second kappa shape index (κ2) is 5.77. The maximum atomic E-state index is 10.8. The summed E-state index contributed by atoms with van der Waals surface area (Å²) in [6.07, 6.45) is 1.51. The largest absolute Gasteiger partial charge is 0.365 e. The molecule has 0 saturated carbocycles. The molecule has 0 bridgehead atoms. The Bertz CT molecular complexity index is 843. The molecule has 110 valence electrons. The van der Waals surface area contributed by atoms with Crippen LogP contribution in [0.25, 0.3) is 10.9 Å². The molecule has 3 rings (SSSR count). The molecule has 2 aromatic carbocycles. The molecule has 0 saturated heterocycles. The average Bonchev–Trinajstić information content (AvgIpc) is 2.53. The van der Waals surface area contributed by atoms with Gasteiger partial charge in [0, 0.05) is 24.1 Å². The lowest BCUT2D eigenvalue weighted by atomic mass is 10.1. The van der Waals surface area contributed by atoms with Crippen LogP contribution in [0, 0.1) is 17.0 Å². The fourth-order valence-corrected chi connectivity index (χ4v) is 2.38. The van der Waals surface area contributed by atoms with Crippen LogP contribution >= 0.6 is 0 Å². The molecular weight excluding hydrogens is 280 g/mol. The third kappa shape index (κ3) is 2.71. The van der Waals surface area contributed by atoms with Gasteiger partial charge in [0.15, 0.2) is 0 Å². The molecule has 6 heteroatoms. The quantitative estimate of drug-likeness (QED) is 0.588. The van der Waals surface area contributed by atoms with E-state index in [0.29, 0.717) is 6.54 Å². The number of hydrogen-bond donors (Lipinski definition) is 1. The van der Waals surface area contributed by atoms with Gasteiger partial charge in [-0.2, -0.15) is 0 Å². The van der Waals surface area contributed by atoms with Crippen LogP contribution in [-0.2, 0) is 6.54 Å². The lowest BCUT2D eigenvalue weighted by molar-refractivity contribution is -0.384. The number of rotatable bonds is 4. The maximum absolute atomic E-state index is 10.8. The van der Waals surface area contributed by atoms with Crippen molar-refractivity contribution < 1.29 is 4.92 Å². The zero-order chi connectivity index (χ0) is 15.5. The summed E-state index contributed by atoms with van der Waals surface area (Å²) >= 11 is 0. The average molecular weight is 294 g/mol. The van der Waals surface area contributed by atoms with E-state index < -0.39 is 4.92 Å². The highest BCUT2D eigenvalue weighted by Crippen LogP contribution is 2.23. The second-order valence-electron chi connectivity index (χ2n) is 4.97. The fraction of sp³-hybridized carbons (Fsp3) is 0.125. The van der Waals surface area contributed by atoms with Gasteiger partial charge in [-0.15, -0.1) is 0 Å². The lowest BCUT2D eigenvalue weighted by Gasteiger charge is -2.10. The number of nitrogens with zero attached hydrogens (tertiary/aromatic N) is 3. The van der Waals surface area contributed by atoms with E-state index in [0.717, 1.165) is 27.8 Å². The number of aryl methyl sites for hydroxylation is 1. The number of nitro groups is 1. The standard InChI is InChI=1S/C16H14N4O2/c1-11-4-2-7-14-15(11)16(19-10-18-14)17-9-12-5-3-6-13(8-12)20(21)22/h2-8,10H,9H2,1H3,(H,17,18,19). The molecule has 0 amide bonds. The molecule has 6 nitrogen and oxygen atoms in total. The minimum atomic E-state index is -0.395. The Balaban J connectivity index is 1.88. The third-order valence-electron chi connectivity index (χ3n) is 3.45. The molecule has 0 aliphatic rings. The number of non-ortho nitro benzene ring substituents is 1. The third-order valence-corrected chi connectivity index (χ3v) is 3.45. The molecule has 1 heterocycles. The fourth-order valence-electron chi connectivity index (χ4n) is 2.38. The van der Waals surface area contributed by atoms with Gasteiger partial charge in [0.2, 0.25) is 0 Å². The van der Waals surface area contributed by atoms with Crippen molar-refractivity contribution in [3.63, 3.8) is 0 Å². The molecule has 0 atom stereocenters. The summed E-state index contributed by atoms with van der Waals surface area (Å²) in [6.45, 7) is 2.46. The highest BCUT2D eigenvalue weighted by molar-refractivity contribution is 5.91. The van der Waals surface area contributed by atoms with Gasteiger partial charge in [0.25, 0.3) is 5.69 Å².